The van der Waals surface area contributed by atoms with Gasteiger partial charge in [-0.3, -0.25) is 4.79 Å². The van der Waals surface area contributed by atoms with Crippen LogP contribution in [0.3, 0.4) is 0 Å². The van der Waals surface area contributed by atoms with E-state index in [0.717, 1.165) is 0 Å². The van der Waals surface area contributed by atoms with Gasteiger partial charge in [0.2, 0.25) is 5.43 Å². The third-order valence-electron chi connectivity index (χ3n) is 4.36. The van der Waals surface area contributed by atoms with E-state index in [1.54, 1.807) is 13.3 Å². The van der Waals surface area contributed by atoms with Crippen molar-refractivity contribution in [1.82, 2.24) is 4.57 Å². The number of rotatable bonds is 6. The molecule has 0 aromatic carbocycles. The molecular weight excluding hydrogens is 370 g/mol. The normalized spacial score (nSPS) is 26.9. The molecule has 23 heavy (non-hydrogen) atoms. The number of aromatic nitrogens is 1. The van der Waals surface area contributed by atoms with Gasteiger partial charge in [0, 0.05) is 27.0 Å². The average molecular weight is 392 g/mol. The third kappa shape index (κ3) is 3.06. The van der Waals surface area contributed by atoms with E-state index in [9.17, 15) is 9.90 Å². The molecule has 0 saturated heterocycles. The second-order valence-electron chi connectivity index (χ2n) is 5.72. The summed E-state index contributed by atoms with van der Waals surface area (Å²) in [6, 6.07) is 0. The number of aliphatic hydroxyl groups is 1. The van der Waals surface area contributed by atoms with Crippen molar-refractivity contribution in [2.75, 3.05) is 34.7 Å². The monoisotopic (exact) mass is 391 g/mol. The summed E-state index contributed by atoms with van der Waals surface area (Å²) in [6.07, 6.45) is 0.759. The SMILES string of the molecule is COCOC1c2c(OC)c(=O)c(Br)cn2CC(OC)C1(C)CO. The molecule has 1 N–H and O–H groups in total. The zero-order chi connectivity index (χ0) is 17.2. The lowest BCUT2D eigenvalue weighted by Crippen LogP contribution is -2.51. The number of pyridine rings is 1. The van der Waals surface area contributed by atoms with Crippen LogP contribution in [0.4, 0.5) is 0 Å². The van der Waals surface area contributed by atoms with Crippen molar-refractivity contribution in [1.29, 1.82) is 0 Å². The minimum absolute atomic E-state index is 0.0180. The van der Waals surface area contributed by atoms with Gasteiger partial charge in [-0.15, -0.1) is 0 Å². The summed E-state index contributed by atoms with van der Waals surface area (Å²) >= 11 is 3.26. The lowest BCUT2D eigenvalue weighted by Gasteiger charge is -2.46. The predicted octanol–water partition coefficient (Wildman–Crippen LogP) is 1.31. The molecule has 0 spiro atoms. The van der Waals surface area contributed by atoms with E-state index in [1.165, 1.54) is 14.2 Å². The van der Waals surface area contributed by atoms with E-state index in [4.69, 9.17) is 18.9 Å². The van der Waals surface area contributed by atoms with E-state index in [1.807, 2.05) is 11.5 Å². The van der Waals surface area contributed by atoms with Crippen molar-refractivity contribution in [3.8, 4) is 5.75 Å². The van der Waals surface area contributed by atoms with E-state index >= 15 is 0 Å². The molecular formula is C15H22BrNO6. The first-order valence-electron chi connectivity index (χ1n) is 7.15. The molecule has 7 nitrogen and oxygen atoms in total. The molecule has 0 fully saturated rings. The second kappa shape index (κ2) is 7.31. The maximum atomic E-state index is 12.4. The van der Waals surface area contributed by atoms with E-state index in [0.29, 0.717) is 16.7 Å². The quantitative estimate of drug-likeness (QED) is 0.736. The highest BCUT2D eigenvalue weighted by atomic mass is 79.9. The molecule has 0 amide bonds. The van der Waals surface area contributed by atoms with Gasteiger partial charge in [-0.25, -0.2) is 0 Å². The summed E-state index contributed by atoms with van der Waals surface area (Å²) in [7, 11) is 4.54. The maximum absolute atomic E-state index is 12.4. The number of nitrogens with zero attached hydrogens (tertiary/aromatic N) is 1. The smallest absolute Gasteiger partial charge is 0.237 e. The first-order valence-corrected chi connectivity index (χ1v) is 7.94. The van der Waals surface area contributed by atoms with Crippen molar-refractivity contribution < 1.29 is 24.1 Å². The fourth-order valence-corrected chi connectivity index (χ4v) is 3.47. The Labute approximate surface area is 143 Å². The summed E-state index contributed by atoms with van der Waals surface area (Å²) in [5.41, 5.74) is -0.440. The van der Waals surface area contributed by atoms with Gasteiger partial charge in [-0.05, 0) is 15.9 Å². The molecule has 1 aliphatic rings. The number of hydrogen-bond acceptors (Lipinski definition) is 6. The Hall–Kier alpha value is -0.930. The molecule has 130 valence electrons. The molecule has 1 aromatic heterocycles. The van der Waals surface area contributed by atoms with Crippen LogP contribution >= 0.6 is 15.9 Å². The van der Waals surface area contributed by atoms with E-state index in [2.05, 4.69) is 15.9 Å². The molecule has 2 rings (SSSR count). The number of hydrogen-bond donors (Lipinski definition) is 1. The van der Waals surface area contributed by atoms with Gasteiger partial charge in [0.15, 0.2) is 5.75 Å². The summed E-state index contributed by atoms with van der Waals surface area (Å²) in [5.74, 6) is 0.190. The maximum Gasteiger partial charge on any atom is 0.237 e. The Kier molecular flexibility index (Phi) is 5.85. The van der Waals surface area contributed by atoms with Gasteiger partial charge in [-0.2, -0.15) is 0 Å². The molecule has 3 atom stereocenters. The standard InChI is InChI=1S/C15H22BrNO6/c1-15(7-18)10(21-3)6-17-5-9(16)12(19)13(22-4)11(17)14(15)23-8-20-2/h5,10,14,18H,6-8H2,1-4H3. The predicted molar refractivity (Wildman–Crippen MR) is 86.6 cm³/mol. The molecule has 1 aromatic rings. The highest BCUT2D eigenvalue weighted by Gasteiger charge is 2.49. The van der Waals surface area contributed by atoms with Crippen molar-refractivity contribution in [3.05, 3.63) is 26.6 Å². The molecule has 0 radical (unpaired) electrons. The first-order chi connectivity index (χ1) is 10.9. The summed E-state index contributed by atoms with van der Waals surface area (Å²) < 4.78 is 24.0. The Morgan fingerprint density at radius 1 is 1.43 bits per heavy atom. The number of ether oxygens (including phenoxy) is 4. The Morgan fingerprint density at radius 3 is 2.65 bits per heavy atom. The largest absolute Gasteiger partial charge is 0.491 e. The molecule has 0 saturated carbocycles. The van der Waals surface area contributed by atoms with Crippen molar-refractivity contribution in [2.24, 2.45) is 5.41 Å². The summed E-state index contributed by atoms with van der Waals surface area (Å²) in [6.45, 7) is 2.17. The number of halogens is 1. The van der Waals surface area contributed by atoms with Gasteiger partial charge in [0.25, 0.3) is 0 Å². The van der Waals surface area contributed by atoms with E-state index in [-0.39, 0.29) is 30.7 Å². The van der Waals surface area contributed by atoms with Crippen molar-refractivity contribution in [3.63, 3.8) is 0 Å². The fraction of sp³-hybridized carbons (Fsp3) is 0.667. The zero-order valence-corrected chi connectivity index (χ0v) is 15.3. The lowest BCUT2D eigenvalue weighted by atomic mass is 9.75. The zero-order valence-electron chi connectivity index (χ0n) is 13.7. The highest BCUT2D eigenvalue weighted by molar-refractivity contribution is 9.10. The Balaban J connectivity index is 2.69. The number of aliphatic hydroxyl groups excluding tert-OH is 1. The van der Waals surface area contributed by atoms with Gasteiger partial charge in [0.1, 0.15) is 12.9 Å². The fourth-order valence-electron chi connectivity index (χ4n) is 3.04. The minimum Gasteiger partial charge on any atom is -0.491 e. The average Bonchev–Trinajstić information content (AvgIpc) is 2.55. The van der Waals surface area contributed by atoms with Crippen LogP contribution in [0.15, 0.2) is 15.5 Å². The lowest BCUT2D eigenvalue weighted by molar-refractivity contribution is -0.183. The highest BCUT2D eigenvalue weighted by Crippen LogP contribution is 2.47. The van der Waals surface area contributed by atoms with Gasteiger partial charge in [0.05, 0.1) is 35.4 Å². The minimum atomic E-state index is -0.749. The van der Waals surface area contributed by atoms with Crippen LogP contribution in [0, 0.1) is 5.41 Å². The molecule has 3 unspecified atom stereocenters. The summed E-state index contributed by atoms with van der Waals surface area (Å²) in [4.78, 5) is 12.4. The van der Waals surface area contributed by atoms with Crippen molar-refractivity contribution >= 4 is 15.9 Å². The van der Waals surface area contributed by atoms with Crippen LogP contribution < -0.4 is 10.2 Å². The van der Waals surface area contributed by atoms with Gasteiger partial charge < -0.3 is 28.6 Å². The van der Waals surface area contributed by atoms with Crippen LogP contribution in [0.2, 0.25) is 0 Å². The third-order valence-corrected chi connectivity index (χ3v) is 4.93. The van der Waals surface area contributed by atoms with Crippen molar-refractivity contribution in [2.45, 2.75) is 25.7 Å². The Morgan fingerprint density at radius 2 is 2.13 bits per heavy atom. The van der Waals surface area contributed by atoms with Crippen LogP contribution in [0.25, 0.3) is 0 Å². The van der Waals surface area contributed by atoms with Crippen LogP contribution in [-0.4, -0.2) is 50.5 Å². The molecule has 8 heteroatoms. The molecule has 2 heterocycles. The summed E-state index contributed by atoms with van der Waals surface area (Å²) in [5, 5.41) is 10.00. The molecule has 0 aliphatic carbocycles. The molecule has 1 aliphatic heterocycles. The first kappa shape index (κ1) is 18.4. The number of fused-ring (bicyclic) bond motifs is 1. The van der Waals surface area contributed by atoms with Crippen LogP contribution in [-0.2, 0) is 20.8 Å². The molecule has 0 bridgehead atoms. The second-order valence-corrected chi connectivity index (χ2v) is 6.57. The Bertz CT molecular complexity index is 619. The topological polar surface area (TPSA) is 79.2 Å². The van der Waals surface area contributed by atoms with Crippen LogP contribution in [0.1, 0.15) is 18.7 Å². The van der Waals surface area contributed by atoms with E-state index < -0.39 is 11.5 Å². The van der Waals surface area contributed by atoms with Crippen LogP contribution in [0.5, 0.6) is 5.75 Å². The number of methoxy groups -OCH3 is 3. The van der Waals surface area contributed by atoms with Gasteiger partial charge in [-0.1, -0.05) is 6.92 Å². The van der Waals surface area contributed by atoms with Gasteiger partial charge >= 0.3 is 0 Å².